The van der Waals surface area contributed by atoms with Gasteiger partial charge in [0, 0.05) is 36.1 Å². The molecule has 12 heteroatoms. The van der Waals surface area contributed by atoms with Crippen LogP contribution in [0.5, 0.6) is 0 Å². The van der Waals surface area contributed by atoms with E-state index in [-0.39, 0.29) is 11.9 Å². The molecule has 2 aromatic heterocycles. The molecule has 3 aromatic rings. The molecule has 1 saturated heterocycles. The van der Waals surface area contributed by atoms with Gasteiger partial charge in [-0.15, -0.1) is 11.3 Å². The molecule has 0 aliphatic carbocycles. The Bertz CT molecular complexity index is 1180. The minimum absolute atomic E-state index is 0.171. The maximum absolute atomic E-state index is 15.5. The Morgan fingerprint density at radius 1 is 1.23 bits per heavy atom. The predicted octanol–water partition coefficient (Wildman–Crippen LogP) is 5.60. The molecule has 4 heterocycles. The van der Waals surface area contributed by atoms with Gasteiger partial charge in [0.15, 0.2) is 0 Å². The zero-order chi connectivity index (χ0) is 24.9. The van der Waals surface area contributed by atoms with Gasteiger partial charge in [-0.25, -0.2) is 13.8 Å². The number of likely N-dealkylation sites (tertiary alicyclic amines) is 1. The lowest BCUT2D eigenvalue weighted by atomic mass is 9.89. The summed E-state index contributed by atoms with van der Waals surface area (Å²) in [6.45, 7) is 1.18. The standard InChI is InChI=1S/C23H25F6N5S/c1-12-7-14-19(32-22-21(14)35-11-30-22)20(34(12)10-23(27,28)29)18-15(25)8-13(9-16(18)26)31-17-3-6-33(17)5-2-4-24/h8-9,11-12,17,20,31-32H,2-7,10H2,1H3/t12-,17?,20-/m0/s1. The minimum Gasteiger partial charge on any atom is -0.369 e. The predicted molar refractivity (Wildman–Crippen MR) is 122 cm³/mol. The van der Waals surface area contributed by atoms with E-state index in [1.54, 1.807) is 12.4 Å². The molecule has 5 nitrogen and oxygen atoms in total. The summed E-state index contributed by atoms with van der Waals surface area (Å²) in [5.41, 5.74) is 2.99. The second-order valence-corrected chi connectivity index (χ2v) is 10.0. The lowest BCUT2D eigenvalue weighted by molar-refractivity contribution is -0.155. The van der Waals surface area contributed by atoms with E-state index in [1.807, 2.05) is 4.90 Å². The van der Waals surface area contributed by atoms with E-state index < -0.39 is 48.7 Å². The summed E-state index contributed by atoms with van der Waals surface area (Å²) in [5.74, 6) is -1.85. The van der Waals surface area contributed by atoms with E-state index >= 15 is 8.78 Å². The number of hydrogen-bond acceptors (Lipinski definition) is 5. The first-order valence-corrected chi connectivity index (χ1v) is 12.4. The topological polar surface area (TPSA) is 47.2 Å². The van der Waals surface area contributed by atoms with Gasteiger partial charge in [-0.2, -0.15) is 13.2 Å². The molecule has 0 bridgehead atoms. The second-order valence-electron chi connectivity index (χ2n) is 9.17. The van der Waals surface area contributed by atoms with Crippen LogP contribution in [-0.4, -0.2) is 64.5 Å². The third kappa shape index (κ3) is 4.63. The molecule has 0 saturated carbocycles. The van der Waals surface area contributed by atoms with E-state index in [4.69, 9.17) is 0 Å². The molecular weight excluding hydrogens is 492 g/mol. The number of fused-ring (bicyclic) bond motifs is 3. The molecule has 0 spiro atoms. The van der Waals surface area contributed by atoms with Crippen molar-refractivity contribution in [1.82, 2.24) is 19.8 Å². The van der Waals surface area contributed by atoms with Crippen molar-refractivity contribution in [3.63, 3.8) is 0 Å². The van der Waals surface area contributed by atoms with Gasteiger partial charge in [-0.3, -0.25) is 14.2 Å². The van der Waals surface area contributed by atoms with Gasteiger partial charge < -0.3 is 10.3 Å². The van der Waals surface area contributed by atoms with Gasteiger partial charge >= 0.3 is 6.18 Å². The smallest absolute Gasteiger partial charge is 0.369 e. The van der Waals surface area contributed by atoms with Gasteiger partial charge in [0.2, 0.25) is 0 Å². The summed E-state index contributed by atoms with van der Waals surface area (Å²) >= 11 is 1.35. The molecule has 1 unspecified atom stereocenters. The Hall–Kier alpha value is -2.31. The van der Waals surface area contributed by atoms with Gasteiger partial charge in [0.05, 0.1) is 35.6 Å². The SMILES string of the molecule is C[C@H]1Cc2c([nH]c3ncsc23)[C@H](c2c(F)cc(NC3CCN3CCCF)cc2F)N1CC(F)(F)F. The normalized spacial score (nSPS) is 23.5. The summed E-state index contributed by atoms with van der Waals surface area (Å²) in [6.07, 6.45) is -3.29. The number of nitrogens with zero attached hydrogens (tertiary/aromatic N) is 3. The van der Waals surface area contributed by atoms with Crippen LogP contribution in [0.25, 0.3) is 10.3 Å². The fourth-order valence-corrected chi connectivity index (χ4v) is 5.98. The van der Waals surface area contributed by atoms with Crippen molar-refractivity contribution >= 4 is 27.4 Å². The molecule has 2 aliphatic heterocycles. The highest BCUT2D eigenvalue weighted by Gasteiger charge is 2.44. The largest absolute Gasteiger partial charge is 0.401 e. The fraction of sp³-hybridized carbons (Fsp3) is 0.522. The van der Waals surface area contributed by atoms with E-state index in [2.05, 4.69) is 15.3 Å². The highest BCUT2D eigenvalue weighted by Crippen LogP contribution is 2.44. The number of halogens is 6. The molecule has 35 heavy (non-hydrogen) atoms. The average molecular weight is 518 g/mol. The molecule has 2 N–H and O–H groups in total. The third-order valence-electron chi connectivity index (χ3n) is 6.85. The Morgan fingerprint density at radius 2 is 1.97 bits per heavy atom. The van der Waals surface area contributed by atoms with Crippen LogP contribution in [0, 0.1) is 11.6 Å². The number of aromatic amines is 1. The van der Waals surface area contributed by atoms with Crippen LogP contribution >= 0.6 is 11.3 Å². The number of alkyl halides is 4. The van der Waals surface area contributed by atoms with E-state index in [9.17, 15) is 17.6 Å². The summed E-state index contributed by atoms with van der Waals surface area (Å²) in [6, 6.07) is 0.359. The highest BCUT2D eigenvalue weighted by atomic mass is 32.1. The molecule has 0 radical (unpaired) electrons. The molecule has 1 fully saturated rings. The second kappa shape index (κ2) is 9.29. The molecule has 1 aromatic carbocycles. The molecule has 3 atom stereocenters. The highest BCUT2D eigenvalue weighted by molar-refractivity contribution is 7.16. The monoisotopic (exact) mass is 517 g/mol. The number of hydrogen-bond donors (Lipinski definition) is 2. The number of thiazole rings is 1. The number of aromatic nitrogens is 2. The van der Waals surface area contributed by atoms with Crippen molar-refractivity contribution in [2.75, 3.05) is 31.6 Å². The molecule has 5 rings (SSSR count). The summed E-state index contributed by atoms with van der Waals surface area (Å²) < 4.78 is 84.8. The lowest BCUT2D eigenvalue weighted by Crippen LogP contribution is -2.52. The first-order valence-electron chi connectivity index (χ1n) is 11.5. The summed E-state index contributed by atoms with van der Waals surface area (Å²) in [5, 5.41) is 3.06. The van der Waals surface area contributed by atoms with Crippen molar-refractivity contribution in [2.45, 2.75) is 50.6 Å². The van der Waals surface area contributed by atoms with Crippen LogP contribution in [0.15, 0.2) is 17.6 Å². The van der Waals surface area contributed by atoms with Gasteiger partial charge in [-0.1, -0.05) is 0 Å². The van der Waals surface area contributed by atoms with Crippen LogP contribution in [0.4, 0.5) is 32.0 Å². The van der Waals surface area contributed by atoms with Gasteiger partial charge in [-0.05, 0) is 43.9 Å². The van der Waals surface area contributed by atoms with Crippen molar-refractivity contribution in [3.05, 3.63) is 46.1 Å². The third-order valence-corrected chi connectivity index (χ3v) is 7.73. The van der Waals surface area contributed by atoms with Gasteiger partial charge in [0.25, 0.3) is 0 Å². The van der Waals surface area contributed by atoms with Crippen LogP contribution < -0.4 is 5.32 Å². The number of benzene rings is 1. The van der Waals surface area contributed by atoms with Crippen molar-refractivity contribution < 1.29 is 26.3 Å². The first kappa shape index (κ1) is 24.4. The number of rotatable bonds is 7. The van der Waals surface area contributed by atoms with Crippen LogP contribution in [0.3, 0.4) is 0 Å². The zero-order valence-corrected chi connectivity index (χ0v) is 19.7. The fourth-order valence-electron chi connectivity index (χ4n) is 5.16. The Morgan fingerprint density at radius 3 is 2.60 bits per heavy atom. The Balaban J connectivity index is 1.52. The quantitative estimate of drug-likeness (QED) is 0.401. The van der Waals surface area contributed by atoms with Crippen LogP contribution in [0.1, 0.15) is 42.6 Å². The van der Waals surface area contributed by atoms with Crippen molar-refractivity contribution in [2.24, 2.45) is 0 Å². The molecule has 2 aliphatic rings. The zero-order valence-electron chi connectivity index (χ0n) is 18.9. The minimum atomic E-state index is -4.55. The van der Waals surface area contributed by atoms with Gasteiger partial charge in [0.1, 0.15) is 17.3 Å². The number of anilines is 1. The number of H-pyrrole nitrogens is 1. The first-order chi connectivity index (χ1) is 16.7. The number of nitrogens with one attached hydrogen (secondary N) is 2. The molecule has 0 amide bonds. The lowest BCUT2D eigenvalue weighted by Gasteiger charge is -2.42. The van der Waals surface area contributed by atoms with Crippen LogP contribution in [-0.2, 0) is 6.42 Å². The van der Waals surface area contributed by atoms with E-state index in [0.717, 1.165) is 40.3 Å². The van der Waals surface area contributed by atoms with Crippen molar-refractivity contribution in [3.8, 4) is 0 Å². The van der Waals surface area contributed by atoms with E-state index in [0.29, 0.717) is 30.7 Å². The molecular formula is C23H25F6N5S. The Kier molecular flexibility index (Phi) is 6.47. The average Bonchev–Trinajstić information content (AvgIpc) is 3.34. The molecule has 190 valence electrons. The Labute approximate surface area is 202 Å². The maximum Gasteiger partial charge on any atom is 0.401 e. The summed E-state index contributed by atoms with van der Waals surface area (Å²) in [7, 11) is 0. The summed E-state index contributed by atoms with van der Waals surface area (Å²) in [4.78, 5) is 10.3. The van der Waals surface area contributed by atoms with Crippen LogP contribution in [0.2, 0.25) is 0 Å². The van der Waals surface area contributed by atoms with Crippen molar-refractivity contribution in [1.29, 1.82) is 0 Å². The van der Waals surface area contributed by atoms with E-state index in [1.165, 1.54) is 11.3 Å². The maximum atomic E-state index is 15.5.